The lowest BCUT2D eigenvalue weighted by Gasteiger charge is -2.12. The zero-order chi connectivity index (χ0) is 14.7. The lowest BCUT2D eigenvalue weighted by Crippen LogP contribution is -1.98. The molecule has 0 radical (unpaired) electrons. The van der Waals surface area contributed by atoms with Gasteiger partial charge in [-0.3, -0.25) is 0 Å². The van der Waals surface area contributed by atoms with Gasteiger partial charge in [-0.05, 0) is 6.07 Å². The molecule has 20 heavy (non-hydrogen) atoms. The van der Waals surface area contributed by atoms with Crippen molar-refractivity contribution in [3.05, 3.63) is 23.6 Å². The molecule has 0 aliphatic rings. The van der Waals surface area contributed by atoms with Crippen LogP contribution in [0.5, 0.6) is 11.5 Å². The van der Waals surface area contributed by atoms with Crippen molar-refractivity contribution in [3.63, 3.8) is 0 Å². The van der Waals surface area contributed by atoms with E-state index in [1.165, 1.54) is 26.4 Å². The van der Waals surface area contributed by atoms with Gasteiger partial charge in [0.1, 0.15) is 11.5 Å². The Morgan fingerprint density at radius 2 is 1.95 bits per heavy atom. The Hall–Kier alpha value is -2.22. The number of methoxy groups -OCH3 is 2. The highest BCUT2D eigenvalue weighted by Crippen LogP contribution is 2.38. The molecule has 0 saturated heterocycles. The number of alkyl halides is 2. The topological polar surface area (TPSA) is 83.4 Å². The Morgan fingerprint density at radius 3 is 2.45 bits per heavy atom. The molecule has 0 saturated carbocycles. The predicted octanol–water partition coefficient (Wildman–Crippen LogP) is 2.15. The Morgan fingerprint density at radius 1 is 1.25 bits per heavy atom. The Bertz CT molecular complexity index is 602. The molecule has 0 unspecified atom stereocenters. The summed E-state index contributed by atoms with van der Waals surface area (Å²) in [6.07, 6.45) is -2.70. The number of nitrogens with two attached hydrogens (primary N) is 1. The highest BCUT2D eigenvalue weighted by atomic mass is 19.3. The monoisotopic (exact) mass is 285 g/mol. The van der Waals surface area contributed by atoms with Gasteiger partial charge in [0, 0.05) is 6.07 Å². The largest absolute Gasteiger partial charge is 0.496 e. The molecule has 1 heterocycles. The van der Waals surface area contributed by atoms with Crippen molar-refractivity contribution < 1.29 is 22.8 Å². The van der Waals surface area contributed by atoms with E-state index in [1.54, 1.807) is 0 Å². The van der Waals surface area contributed by atoms with Crippen LogP contribution < -0.4 is 15.2 Å². The van der Waals surface area contributed by atoms with Crippen molar-refractivity contribution in [3.8, 4) is 22.9 Å². The van der Waals surface area contributed by atoms with Gasteiger partial charge in [-0.15, -0.1) is 0 Å². The fourth-order valence-electron chi connectivity index (χ4n) is 1.72. The number of benzene rings is 1. The molecule has 0 fully saturated rings. The van der Waals surface area contributed by atoms with Crippen molar-refractivity contribution >= 4 is 0 Å². The van der Waals surface area contributed by atoms with Crippen LogP contribution in [0.4, 0.5) is 8.78 Å². The summed E-state index contributed by atoms with van der Waals surface area (Å²) in [5.41, 5.74) is 5.38. The summed E-state index contributed by atoms with van der Waals surface area (Å²) >= 11 is 0. The molecule has 1 aromatic heterocycles. The number of rotatable bonds is 5. The van der Waals surface area contributed by atoms with Gasteiger partial charge in [-0.1, -0.05) is 5.16 Å². The molecule has 0 atom stereocenters. The van der Waals surface area contributed by atoms with E-state index in [0.717, 1.165) is 0 Å². The van der Waals surface area contributed by atoms with Crippen LogP contribution in [0.25, 0.3) is 11.4 Å². The summed E-state index contributed by atoms with van der Waals surface area (Å²) in [6, 6.07) is 2.57. The molecule has 0 spiro atoms. The van der Waals surface area contributed by atoms with E-state index in [9.17, 15) is 8.78 Å². The van der Waals surface area contributed by atoms with Gasteiger partial charge in [0.05, 0.1) is 31.9 Å². The zero-order valence-electron chi connectivity index (χ0n) is 10.9. The molecule has 2 aromatic rings. The molecule has 0 aliphatic carbocycles. The molecule has 108 valence electrons. The number of ether oxygens (including phenoxy) is 2. The Kier molecular flexibility index (Phi) is 4.14. The van der Waals surface area contributed by atoms with E-state index >= 15 is 0 Å². The maximum atomic E-state index is 13.0. The average Bonchev–Trinajstić information content (AvgIpc) is 2.94. The first kappa shape index (κ1) is 14.2. The van der Waals surface area contributed by atoms with E-state index < -0.39 is 6.43 Å². The number of nitrogens with zero attached hydrogens (tertiary/aromatic N) is 2. The first-order valence-corrected chi connectivity index (χ1v) is 5.67. The van der Waals surface area contributed by atoms with Crippen molar-refractivity contribution in [2.45, 2.75) is 13.0 Å². The number of hydrogen-bond donors (Lipinski definition) is 1. The Labute approximate surface area is 113 Å². The Balaban J connectivity index is 2.58. The second-order valence-electron chi connectivity index (χ2n) is 3.81. The standard InChI is InChI=1S/C12H13F2N3O3/c1-18-8-4-9(19-2)7(3-6(8)11(13)14)12-16-10(5-15)20-17-12/h3-4,11H,5,15H2,1-2H3. The SMILES string of the molecule is COc1cc(OC)c(C(F)F)cc1-c1noc(CN)n1. The molecule has 0 amide bonds. The second-order valence-corrected chi connectivity index (χ2v) is 3.81. The van der Waals surface area contributed by atoms with Crippen LogP contribution >= 0.6 is 0 Å². The molecule has 1 aromatic carbocycles. The highest BCUT2D eigenvalue weighted by Gasteiger charge is 2.21. The average molecular weight is 285 g/mol. The molecule has 6 nitrogen and oxygen atoms in total. The highest BCUT2D eigenvalue weighted by molar-refractivity contribution is 5.67. The molecule has 2 N–H and O–H groups in total. The van der Waals surface area contributed by atoms with E-state index in [0.29, 0.717) is 5.75 Å². The lowest BCUT2D eigenvalue weighted by atomic mass is 10.1. The third-order valence-corrected chi connectivity index (χ3v) is 2.67. The number of halogens is 2. The van der Waals surface area contributed by atoms with Crippen LogP contribution in [-0.4, -0.2) is 24.4 Å². The minimum atomic E-state index is -2.70. The van der Waals surface area contributed by atoms with Gasteiger partial charge in [-0.25, -0.2) is 8.78 Å². The molecule has 2 rings (SSSR count). The van der Waals surface area contributed by atoms with E-state index in [2.05, 4.69) is 10.1 Å². The maximum absolute atomic E-state index is 13.0. The van der Waals surface area contributed by atoms with Crippen LogP contribution in [-0.2, 0) is 6.54 Å². The number of hydrogen-bond acceptors (Lipinski definition) is 6. The minimum absolute atomic E-state index is 0.0307. The second kappa shape index (κ2) is 5.83. The molecule has 0 aliphatic heterocycles. The van der Waals surface area contributed by atoms with Crippen LogP contribution in [0.2, 0.25) is 0 Å². The van der Waals surface area contributed by atoms with Gasteiger partial charge >= 0.3 is 0 Å². The van der Waals surface area contributed by atoms with Gasteiger partial charge < -0.3 is 19.7 Å². The zero-order valence-corrected chi connectivity index (χ0v) is 10.9. The van der Waals surface area contributed by atoms with Gasteiger partial charge in [0.2, 0.25) is 11.7 Å². The minimum Gasteiger partial charge on any atom is -0.496 e. The van der Waals surface area contributed by atoms with Crippen LogP contribution in [0.3, 0.4) is 0 Å². The van der Waals surface area contributed by atoms with Crippen LogP contribution in [0, 0.1) is 0 Å². The van der Waals surface area contributed by atoms with Crippen molar-refractivity contribution in [1.82, 2.24) is 10.1 Å². The molecule has 8 heteroatoms. The van der Waals surface area contributed by atoms with Crippen molar-refractivity contribution in [1.29, 1.82) is 0 Å². The molecular formula is C12H13F2N3O3. The normalized spacial score (nSPS) is 10.9. The van der Waals surface area contributed by atoms with Gasteiger partial charge in [0.15, 0.2) is 0 Å². The fraction of sp³-hybridized carbons (Fsp3) is 0.333. The quantitative estimate of drug-likeness (QED) is 0.906. The summed E-state index contributed by atoms with van der Waals surface area (Å²) < 4.78 is 41.0. The fourth-order valence-corrected chi connectivity index (χ4v) is 1.72. The van der Waals surface area contributed by atoms with Crippen molar-refractivity contribution in [2.75, 3.05) is 14.2 Å². The molecular weight excluding hydrogens is 272 g/mol. The summed E-state index contributed by atoms with van der Waals surface area (Å²) in [5, 5.41) is 3.69. The first-order chi connectivity index (χ1) is 9.60. The van der Waals surface area contributed by atoms with Gasteiger partial charge in [-0.2, -0.15) is 4.98 Å². The van der Waals surface area contributed by atoms with E-state index in [1.807, 2.05) is 0 Å². The first-order valence-electron chi connectivity index (χ1n) is 5.67. The maximum Gasteiger partial charge on any atom is 0.267 e. The summed E-state index contributed by atoms with van der Waals surface area (Å²) in [5.74, 6) is 0.669. The van der Waals surface area contributed by atoms with E-state index in [4.69, 9.17) is 19.7 Å². The van der Waals surface area contributed by atoms with Crippen molar-refractivity contribution in [2.24, 2.45) is 5.73 Å². The van der Waals surface area contributed by atoms with E-state index in [-0.39, 0.29) is 35.1 Å². The lowest BCUT2D eigenvalue weighted by molar-refractivity contribution is 0.147. The summed E-state index contributed by atoms with van der Waals surface area (Å²) in [6.45, 7) is 0.0627. The van der Waals surface area contributed by atoms with Crippen LogP contribution in [0.1, 0.15) is 17.9 Å². The van der Waals surface area contributed by atoms with Crippen LogP contribution in [0.15, 0.2) is 16.7 Å². The van der Waals surface area contributed by atoms with Gasteiger partial charge in [0.25, 0.3) is 6.43 Å². The summed E-state index contributed by atoms with van der Waals surface area (Å²) in [7, 11) is 2.71. The number of aromatic nitrogens is 2. The molecule has 0 bridgehead atoms. The summed E-state index contributed by atoms with van der Waals surface area (Å²) in [4.78, 5) is 4.00. The predicted molar refractivity (Wildman–Crippen MR) is 65.7 cm³/mol. The third-order valence-electron chi connectivity index (χ3n) is 2.67. The third kappa shape index (κ3) is 2.55. The smallest absolute Gasteiger partial charge is 0.267 e.